The van der Waals surface area contributed by atoms with Gasteiger partial charge in [-0.15, -0.1) is 16.4 Å². The van der Waals surface area contributed by atoms with Crippen LogP contribution in [0.1, 0.15) is 30.4 Å². The third-order valence-electron chi connectivity index (χ3n) is 3.55. The van der Waals surface area contributed by atoms with E-state index in [0.29, 0.717) is 47.5 Å². The summed E-state index contributed by atoms with van der Waals surface area (Å²) in [5.41, 5.74) is 0.597. The summed E-state index contributed by atoms with van der Waals surface area (Å²) in [5.74, 6) is 1.49. The second kappa shape index (κ2) is 9.23. The minimum atomic E-state index is -0.304. The fourth-order valence-corrected chi connectivity index (χ4v) is 3.09. The number of carbonyl (C=O) groups is 1. The summed E-state index contributed by atoms with van der Waals surface area (Å²) in [7, 11) is 0. The topological polar surface area (TPSA) is 95.7 Å². The van der Waals surface area contributed by atoms with E-state index in [-0.39, 0.29) is 17.8 Å². The summed E-state index contributed by atoms with van der Waals surface area (Å²) in [6, 6.07) is 7.01. The highest BCUT2D eigenvalue weighted by molar-refractivity contribution is 7.12. The quantitative estimate of drug-likeness (QED) is 0.571. The smallest absolute Gasteiger partial charge is 0.322 e. The lowest BCUT2D eigenvalue weighted by Crippen LogP contribution is -2.10. The van der Waals surface area contributed by atoms with Gasteiger partial charge in [0.2, 0.25) is 11.6 Å². The number of ether oxygens (including phenoxy) is 3. The van der Waals surface area contributed by atoms with Gasteiger partial charge in [-0.25, -0.2) is 0 Å². The van der Waals surface area contributed by atoms with E-state index in [1.807, 2.05) is 26.2 Å². The minimum absolute atomic E-state index is 0.0122. The van der Waals surface area contributed by atoms with Crippen molar-refractivity contribution in [2.45, 2.75) is 20.8 Å². The maximum absolute atomic E-state index is 12.1. The summed E-state index contributed by atoms with van der Waals surface area (Å²) < 4.78 is 22.7. The zero-order valence-corrected chi connectivity index (χ0v) is 16.7. The molecule has 0 aliphatic rings. The fraction of sp³-hybridized carbons (Fsp3) is 0.316. The number of rotatable bonds is 9. The lowest BCUT2D eigenvalue weighted by molar-refractivity contribution is 0.102. The van der Waals surface area contributed by atoms with E-state index in [2.05, 4.69) is 15.5 Å². The monoisotopic (exact) mass is 403 g/mol. The molecule has 0 spiro atoms. The molecular formula is C19H21N3O5S. The molecular weight excluding hydrogens is 382 g/mol. The van der Waals surface area contributed by atoms with Gasteiger partial charge in [0, 0.05) is 5.56 Å². The molecule has 148 valence electrons. The van der Waals surface area contributed by atoms with Crippen molar-refractivity contribution in [3.05, 3.63) is 34.5 Å². The average molecular weight is 403 g/mol. The lowest BCUT2D eigenvalue weighted by Gasteiger charge is -2.16. The number of benzene rings is 1. The standard InChI is InChI=1S/C19H21N3O5S/c1-4-24-13-10-12(11-14(25-5-2)16(13)26-6-3)18-21-22-19(27-18)20-17(23)15-8-7-9-28-15/h7-11H,4-6H2,1-3H3,(H,20,22,23). The van der Waals surface area contributed by atoms with Gasteiger partial charge in [0.25, 0.3) is 5.91 Å². The van der Waals surface area contributed by atoms with Crippen LogP contribution in [-0.4, -0.2) is 35.9 Å². The first-order valence-electron chi connectivity index (χ1n) is 8.91. The maximum atomic E-state index is 12.1. The van der Waals surface area contributed by atoms with Crippen LogP contribution in [0.25, 0.3) is 11.5 Å². The Morgan fingerprint density at radius 1 is 1.07 bits per heavy atom. The van der Waals surface area contributed by atoms with E-state index < -0.39 is 0 Å². The van der Waals surface area contributed by atoms with Crippen LogP contribution >= 0.6 is 11.3 Å². The largest absolute Gasteiger partial charge is 0.490 e. The number of amides is 1. The van der Waals surface area contributed by atoms with Crippen molar-refractivity contribution in [1.82, 2.24) is 10.2 Å². The summed E-state index contributed by atoms with van der Waals surface area (Å²) in [4.78, 5) is 12.7. The number of thiophene rings is 1. The molecule has 0 bridgehead atoms. The number of nitrogens with zero attached hydrogens (tertiary/aromatic N) is 2. The molecule has 1 amide bonds. The lowest BCUT2D eigenvalue weighted by atomic mass is 10.2. The van der Waals surface area contributed by atoms with Crippen LogP contribution in [0.15, 0.2) is 34.1 Å². The van der Waals surface area contributed by atoms with Crippen molar-refractivity contribution in [3.8, 4) is 28.7 Å². The molecule has 0 atom stereocenters. The van der Waals surface area contributed by atoms with Gasteiger partial charge < -0.3 is 18.6 Å². The Morgan fingerprint density at radius 3 is 2.32 bits per heavy atom. The van der Waals surface area contributed by atoms with Gasteiger partial charge >= 0.3 is 6.01 Å². The summed E-state index contributed by atoms with van der Waals surface area (Å²) in [6.07, 6.45) is 0. The van der Waals surface area contributed by atoms with Crippen molar-refractivity contribution < 1.29 is 23.4 Å². The zero-order chi connectivity index (χ0) is 19.9. The molecule has 9 heteroatoms. The molecule has 0 unspecified atom stereocenters. The van der Waals surface area contributed by atoms with Crippen LogP contribution in [0.4, 0.5) is 6.01 Å². The molecule has 0 saturated heterocycles. The molecule has 8 nitrogen and oxygen atoms in total. The van der Waals surface area contributed by atoms with Gasteiger partial charge in [0.05, 0.1) is 24.7 Å². The predicted molar refractivity (Wildman–Crippen MR) is 106 cm³/mol. The molecule has 0 aliphatic heterocycles. The average Bonchev–Trinajstić information content (AvgIpc) is 3.36. The summed E-state index contributed by atoms with van der Waals surface area (Å²) in [6.45, 7) is 7.04. The predicted octanol–water partition coefficient (Wildman–Crippen LogP) is 4.25. The van der Waals surface area contributed by atoms with E-state index >= 15 is 0 Å². The van der Waals surface area contributed by atoms with Gasteiger partial charge in [-0.2, -0.15) is 0 Å². The van der Waals surface area contributed by atoms with Gasteiger partial charge in [-0.1, -0.05) is 11.2 Å². The highest BCUT2D eigenvalue weighted by Crippen LogP contribution is 2.41. The first kappa shape index (κ1) is 19.7. The van der Waals surface area contributed by atoms with Gasteiger partial charge in [0.1, 0.15) is 0 Å². The number of hydrogen-bond acceptors (Lipinski definition) is 8. The number of aromatic nitrogens is 2. The van der Waals surface area contributed by atoms with E-state index in [1.54, 1.807) is 24.3 Å². The van der Waals surface area contributed by atoms with Gasteiger partial charge in [0.15, 0.2) is 11.5 Å². The fourth-order valence-electron chi connectivity index (χ4n) is 2.47. The molecule has 0 aliphatic carbocycles. The molecule has 3 rings (SSSR count). The van der Waals surface area contributed by atoms with E-state index in [9.17, 15) is 4.79 Å². The van der Waals surface area contributed by atoms with Crippen molar-refractivity contribution in [1.29, 1.82) is 0 Å². The van der Waals surface area contributed by atoms with Crippen LogP contribution < -0.4 is 19.5 Å². The van der Waals surface area contributed by atoms with Crippen LogP contribution in [0.2, 0.25) is 0 Å². The Hall–Kier alpha value is -3.07. The van der Waals surface area contributed by atoms with Crippen LogP contribution in [0.5, 0.6) is 17.2 Å². The first-order valence-corrected chi connectivity index (χ1v) is 9.79. The number of nitrogens with one attached hydrogen (secondary N) is 1. The van der Waals surface area contributed by atoms with Crippen molar-refractivity contribution in [2.75, 3.05) is 25.1 Å². The normalized spacial score (nSPS) is 10.5. The molecule has 28 heavy (non-hydrogen) atoms. The highest BCUT2D eigenvalue weighted by Gasteiger charge is 2.19. The van der Waals surface area contributed by atoms with Gasteiger partial charge in [-0.05, 0) is 44.4 Å². The Balaban J connectivity index is 1.90. The van der Waals surface area contributed by atoms with Crippen LogP contribution in [-0.2, 0) is 0 Å². The Kier molecular flexibility index (Phi) is 6.49. The van der Waals surface area contributed by atoms with E-state index in [1.165, 1.54) is 11.3 Å². The zero-order valence-electron chi connectivity index (χ0n) is 15.9. The van der Waals surface area contributed by atoms with E-state index in [4.69, 9.17) is 18.6 Å². The maximum Gasteiger partial charge on any atom is 0.322 e. The summed E-state index contributed by atoms with van der Waals surface area (Å²) in [5, 5.41) is 12.3. The number of carbonyl (C=O) groups excluding carboxylic acids is 1. The Labute approximate surface area is 166 Å². The molecule has 2 heterocycles. The van der Waals surface area contributed by atoms with E-state index in [0.717, 1.165) is 0 Å². The van der Waals surface area contributed by atoms with Crippen LogP contribution in [0.3, 0.4) is 0 Å². The number of hydrogen-bond donors (Lipinski definition) is 1. The molecule has 0 saturated carbocycles. The van der Waals surface area contributed by atoms with Crippen molar-refractivity contribution >= 4 is 23.3 Å². The Morgan fingerprint density at radius 2 is 1.75 bits per heavy atom. The third kappa shape index (κ3) is 4.42. The summed E-state index contributed by atoms with van der Waals surface area (Å²) >= 11 is 1.33. The highest BCUT2D eigenvalue weighted by atomic mass is 32.1. The molecule has 0 radical (unpaired) electrons. The SMILES string of the molecule is CCOc1cc(-c2nnc(NC(=O)c3cccs3)o2)cc(OCC)c1OCC. The molecule has 3 aromatic rings. The number of anilines is 1. The molecule has 0 fully saturated rings. The van der Waals surface area contributed by atoms with Crippen molar-refractivity contribution in [2.24, 2.45) is 0 Å². The molecule has 1 aromatic carbocycles. The molecule has 2 aromatic heterocycles. The Bertz CT molecular complexity index is 897. The second-order valence-corrected chi connectivity index (χ2v) is 6.39. The second-order valence-electron chi connectivity index (χ2n) is 5.44. The third-order valence-corrected chi connectivity index (χ3v) is 4.42. The van der Waals surface area contributed by atoms with Crippen LogP contribution in [0, 0.1) is 0 Å². The van der Waals surface area contributed by atoms with Gasteiger partial charge in [-0.3, -0.25) is 10.1 Å². The van der Waals surface area contributed by atoms with Crippen molar-refractivity contribution in [3.63, 3.8) is 0 Å². The first-order chi connectivity index (χ1) is 13.7. The molecule has 1 N–H and O–H groups in total. The minimum Gasteiger partial charge on any atom is -0.490 e.